The minimum absolute atomic E-state index is 0.0583. The third-order valence-electron chi connectivity index (χ3n) is 2.91. The van der Waals surface area contributed by atoms with Crippen molar-refractivity contribution >= 4 is 11.3 Å². The SMILES string of the molecule is CCc1ccc(CNCC(F)(F)c2ccccc2)s1. The number of alkyl halides is 2. The first-order valence-corrected chi connectivity index (χ1v) is 7.15. The predicted octanol–water partition coefficient (Wildman–Crippen LogP) is 4.19. The highest BCUT2D eigenvalue weighted by Gasteiger charge is 2.30. The van der Waals surface area contributed by atoms with Gasteiger partial charge in [0, 0.05) is 21.9 Å². The lowest BCUT2D eigenvalue weighted by atomic mass is 10.1. The smallest absolute Gasteiger partial charge is 0.285 e. The second-order valence-electron chi connectivity index (χ2n) is 4.40. The van der Waals surface area contributed by atoms with Gasteiger partial charge in [0.25, 0.3) is 5.92 Å². The molecule has 0 atom stereocenters. The summed E-state index contributed by atoms with van der Waals surface area (Å²) >= 11 is 1.67. The molecule has 102 valence electrons. The molecule has 0 aliphatic carbocycles. The molecule has 0 spiro atoms. The fourth-order valence-electron chi connectivity index (χ4n) is 1.83. The van der Waals surface area contributed by atoms with Gasteiger partial charge < -0.3 is 5.32 Å². The molecule has 4 heteroatoms. The molecule has 0 aliphatic rings. The maximum Gasteiger partial charge on any atom is 0.285 e. The first-order chi connectivity index (χ1) is 9.12. The Morgan fingerprint density at radius 3 is 2.37 bits per heavy atom. The monoisotopic (exact) mass is 281 g/mol. The summed E-state index contributed by atoms with van der Waals surface area (Å²) in [5.41, 5.74) is 0.0583. The largest absolute Gasteiger partial charge is 0.306 e. The fraction of sp³-hybridized carbons (Fsp3) is 0.333. The standard InChI is InChI=1S/C15H17F2NS/c1-2-13-8-9-14(19-13)10-18-11-15(16,17)12-6-4-3-5-7-12/h3-9,18H,2,10-11H2,1H3. The zero-order valence-electron chi connectivity index (χ0n) is 10.8. The normalized spacial score (nSPS) is 11.7. The maximum atomic E-state index is 13.9. The molecule has 0 bridgehead atoms. The molecule has 1 N–H and O–H groups in total. The number of benzene rings is 1. The Morgan fingerprint density at radius 1 is 1.05 bits per heavy atom. The van der Waals surface area contributed by atoms with E-state index in [0.29, 0.717) is 6.54 Å². The molecule has 0 amide bonds. The van der Waals surface area contributed by atoms with E-state index in [1.165, 1.54) is 17.0 Å². The lowest BCUT2D eigenvalue weighted by molar-refractivity contribution is -0.00337. The zero-order valence-corrected chi connectivity index (χ0v) is 11.6. The molecule has 0 fully saturated rings. The molecule has 1 nitrogen and oxygen atoms in total. The molecule has 1 aromatic heterocycles. The van der Waals surface area contributed by atoms with E-state index in [4.69, 9.17) is 0 Å². The first-order valence-electron chi connectivity index (χ1n) is 6.33. The van der Waals surface area contributed by atoms with E-state index in [1.54, 1.807) is 29.5 Å². The quantitative estimate of drug-likeness (QED) is 0.837. The van der Waals surface area contributed by atoms with E-state index in [-0.39, 0.29) is 12.1 Å². The molecule has 2 aromatic rings. The van der Waals surface area contributed by atoms with Gasteiger partial charge in [-0.15, -0.1) is 11.3 Å². The van der Waals surface area contributed by atoms with Crippen LogP contribution in [-0.4, -0.2) is 6.54 Å². The second-order valence-corrected chi connectivity index (χ2v) is 5.65. The van der Waals surface area contributed by atoms with Gasteiger partial charge in [-0.2, -0.15) is 8.78 Å². The van der Waals surface area contributed by atoms with Crippen LogP contribution in [0.5, 0.6) is 0 Å². The Balaban J connectivity index is 1.88. The average molecular weight is 281 g/mol. The molecule has 0 unspecified atom stereocenters. The maximum absolute atomic E-state index is 13.9. The number of halogens is 2. The fourth-order valence-corrected chi connectivity index (χ4v) is 2.76. The molecule has 0 radical (unpaired) electrons. The second kappa shape index (κ2) is 6.26. The van der Waals surface area contributed by atoms with E-state index in [0.717, 1.165) is 11.3 Å². The predicted molar refractivity (Wildman–Crippen MR) is 75.7 cm³/mol. The Hall–Kier alpha value is -1.26. The molecular weight excluding hydrogens is 264 g/mol. The van der Waals surface area contributed by atoms with Gasteiger partial charge in [-0.25, -0.2) is 0 Å². The van der Waals surface area contributed by atoms with Crippen molar-refractivity contribution in [2.24, 2.45) is 0 Å². The Kier molecular flexibility index (Phi) is 4.66. The third kappa shape index (κ3) is 3.85. The van der Waals surface area contributed by atoms with E-state index in [1.807, 2.05) is 6.07 Å². The lowest BCUT2D eigenvalue weighted by Gasteiger charge is -2.17. The van der Waals surface area contributed by atoms with Crippen molar-refractivity contribution in [1.82, 2.24) is 5.32 Å². The summed E-state index contributed by atoms with van der Waals surface area (Å²) < 4.78 is 27.7. The van der Waals surface area contributed by atoms with Crippen molar-refractivity contribution in [3.8, 4) is 0 Å². The average Bonchev–Trinajstić information content (AvgIpc) is 2.87. The first kappa shape index (κ1) is 14.2. The van der Waals surface area contributed by atoms with Crippen molar-refractivity contribution in [3.63, 3.8) is 0 Å². The van der Waals surface area contributed by atoms with Gasteiger partial charge in [-0.05, 0) is 18.6 Å². The Morgan fingerprint density at radius 2 is 1.74 bits per heavy atom. The summed E-state index contributed by atoms with van der Waals surface area (Å²) in [4.78, 5) is 2.38. The summed E-state index contributed by atoms with van der Waals surface area (Å²) in [6.07, 6.45) is 0.991. The van der Waals surface area contributed by atoms with Crippen LogP contribution in [0.1, 0.15) is 22.2 Å². The summed E-state index contributed by atoms with van der Waals surface area (Å²) in [7, 11) is 0. The molecule has 0 saturated heterocycles. The summed E-state index contributed by atoms with van der Waals surface area (Å²) in [6.45, 7) is 2.25. The van der Waals surface area contributed by atoms with Crippen molar-refractivity contribution in [1.29, 1.82) is 0 Å². The van der Waals surface area contributed by atoms with Crippen LogP contribution >= 0.6 is 11.3 Å². The highest BCUT2D eigenvalue weighted by molar-refractivity contribution is 7.11. The van der Waals surface area contributed by atoms with E-state index >= 15 is 0 Å². The van der Waals surface area contributed by atoms with Crippen LogP contribution in [0, 0.1) is 0 Å². The molecule has 0 aliphatic heterocycles. The van der Waals surface area contributed by atoms with Gasteiger partial charge in [-0.1, -0.05) is 37.3 Å². The number of rotatable bonds is 6. The minimum atomic E-state index is -2.83. The highest BCUT2D eigenvalue weighted by atomic mass is 32.1. The number of thiophene rings is 1. The van der Waals surface area contributed by atoms with Gasteiger partial charge in [0.1, 0.15) is 0 Å². The Labute approximate surface area is 116 Å². The summed E-state index contributed by atoms with van der Waals surface area (Å²) in [6, 6.07) is 12.0. The van der Waals surface area contributed by atoms with Crippen LogP contribution in [-0.2, 0) is 18.9 Å². The molecule has 0 saturated carbocycles. The highest BCUT2D eigenvalue weighted by Crippen LogP contribution is 2.27. The molecule has 1 heterocycles. The minimum Gasteiger partial charge on any atom is -0.306 e. The lowest BCUT2D eigenvalue weighted by Crippen LogP contribution is -2.30. The van der Waals surface area contributed by atoms with Crippen molar-refractivity contribution < 1.29 is 8.78 Å². The van der Waals surface area contributed by atoms with Gasteiger partial charge in [0.05, 0.1) is 6.54 Å². The van der Waals surface area contributed by atoms with Crippen molar-refractivity contribution in [3.05, 3.63) is 57.8 Å². The van der Waals surface area contributed by atoms with Crippen LogP contribution < -0.4 is 5.32 Å². The van der Waals surface area contributed by atoms with E-state index < -0.39 is 5.92 Å². The molecule has 19 heavy (non-hydrogen) atoms. The summed E-state index contributed by atoms with van der Waals surface area (Å²) in [5, 5.41) is 2.84. The molecular formula is C15H17F2NS. The zero-order chi connectivity index (χ0) is 13.7. The van der Waals surface area contributed by atoms with Gasteiger partial charge >= 0.3 is 0 Å². The summed E-state index contributed by atoms with van der Waals surface area (Å²) in [5.74, 6) is -2.83. The van der Waals surface area contributed by atoms with Crippen LogP contribution in [0.2, 0.25) is 0 Å². The number of nitrogens with one attached hydrogen (secondary N) is 1. The molecule has 1 aromatic carbocycles. The van der Waals surface area contributed by atoms with E-state index in [9.17, 15) is 8.78 Å². The third-order valence-corrected chi connectivity index (χ3v) is 4.14. The van der Waals surface area contributed by atoms with E-state index in [2.05, 4.69) is 18.3 Å². The Bertz CT molecular complexity index is 508. The number of aryl methyl sites for hydroxylation is 1. The van der Waals surface area contributed by atoms with Crippen LogP contribution in [0.15, 0.2) is 42.5 Å². The van der Waals surface area contributed by atoms with Crippen LogP contribution in [0.4, 0.5) is 8.78 Å². The van der Waals surface area contributed by atoms with Crippen molar-refractivity contribution in [2.45, 2.75) is 25.8 Å². The number of hydrogen-bond donors (Lipinski definition) is 1. The van der Waals surface area contributed by atoms with Gasteiger partial charge in [-0.3, -0.25) is 0 Å². The topological polar surface area (TPSA) is 12.0 Å². The van der Waals surface area contributed by atoms with Gasteiger partial charge in [0.15, 0.2) is 0 Å². The van der Waals surface area contributed by atoms with Crippen molar-refractivity contribution in [2.75, 3.05) is 6.54 Å². The molecule has 2 rings (SSSR count). The van der Waals surface area contributed by atoms with Crippen LogP contribution in [0.25, 0.3) is 0 Å². The van der Waals surface area contributed by atoms with Crippen LogP contribution in [0.3, 0.4) is 0 Å². The van der Waals surface area contributed by atoms with Gasteiger partial charge in [0.2, 0.25) is 0 Å². The number of hydrogen-bond acceptors (Lipinski definition) is 2.